The van der Waals surface area contributed by atoms with Crippen LogP contribution in [0.3, 0.4) is 0 Å². The van der Waals surface area contributed by atoms with E-state index in [2.05, 4.69) is 114 Å². The molecule has 0 aliphatic rings. The van der Waals surface area contributed by atoms with Crippen LogP contribution in [0.25, 0.3) is 44.2 Å². The first-order valence-corrected chi connectivity index (χ1v) is 13.3. The molecule has 0 spiro atoms. The van der Waals surface area contributed by atoms with Crippen LogP contribution in [-0.4, -0.2) is 0 Å². The largest absolute Gasteiger partial charge is 0.454 e. The molecule has 0 amide bonds. The van der Waals surface area contributed by atoms with Crippen molar-refractivity contribution in [1.29, 1.82) is 0 Å². The predicted molar refractivity (Wildman–Crippen MR) is 164 cm³/mol. The Morgan fingerprint density at radius 1 is 0.462 bits per heavy atom. The molecule has 0 fully saturated rings. The second-order valence-electron chi connectivity index (χ2n) is 9.53. The van der Waals surface area contributed by atoms with Crippen molar-refractivity contribution in [3.8, 4) is 22.3 Å². The van der Waals surface area contributed by atoms with Crippen LogP contribution in [0.15, 0.2) is 150 Å². The number of furan rings is 1. The highest BCUT2D eigenvalue weighted by molar-refractivity contribution is 6.36. The molecule has 3 heteroatoms. The van der Waals surface area contributed by atoms with Crippen molar-refractivity contribution in [3.05, 3.63) is 151 Å². The molecule has 39 heavy (non-hydrogen) atoms. The lowest BCUT2D eigenvalue weighted by Crippen LogP contribution is -2.09. The summed E-state index contributed by atoms with van der Waals surface area (Å²) in [6, 6.07) is 50.5. The number of anilines is 3. The van der Waals surface area contributed by atoms with E-state index in [0.717, 1.165) is 50.1 Å². The number of halogens is 1. The molecular formula is C36H24ClNO. The maximum Gasteiger partial charge on any atom is 0.154 e. The van der Waals surface area contributed by atoms with Crippen molar-refractivity contribution in [2.75, 3.05) is 4.90 Å². The lowest BCUT2D eigenvalue weighted by Gasteiger charge is -2.26. The van der Waals surface area contributed by atoms with Gasteiger partial charge in [-0.15, -0.1) is 0 Å². The summed E-state index contributed by atoms with van der Waals surface area (Å²) in [6.07, 6.45) is 0. The van der Waals surface area contributed by atoms with E-state index in [9.17, 15) is 0 Å². The average molecular weight is 522 g/mol. The molecule has 0 radical (unpaired) electrons. The third-order valence-electron chi connectivity index (χ3n) is 7.16. The van der Waals surface area contributed by atoms with Gasteiger partial charge in [0.2, 0.25) is 0 Å². The number of fused-ring (bicyclic) bond motifs is 3. The summed E-state index contributed by atoms with van der Waals surface area (Å²) in [5.74, 6) is 0. The van der Waals surface area contributed by atoms with Crippen LogP contribution < -0.4 is 4.90 Å². The predicted octanol–water partition coefficient (Wildman–Crippen LogP) is 11.0. The van der Waals surface area contributed by atoms with E-state index in [4.69, 9.17) is 16.0 Å². The Kier molecular flexibility index (Phi) is 5.88. The third kappa shape index (κ3) is 4.25. The minimum Gasteiger partial charge on any atom is -0.454 e. The highest BCUT2D eigenvalue weighted by Gasteiger charge is 2.17. The second kappa shape index (κ2) is 9.83. The van der Waals surface area contributed by atoms with Crippen LogP contribution >= 0.6 is 11.6 Å². The highest BCUT2D eigenvalue weighted by atomic mass is 35.5. The second-order valence-corrected chi connectivity index (χ2v) is 9.94. The zero-order valence-electron chi connectivity index (χ0n) is 21.1. The van der Waals surface area contributed by atoms with Crippen molar-refractivity contribution in [2.45, 2.75) is 0 Å². The Morgan fingerprint density at radius 2 is 1.00 bits per heavy atom. The van der Waals surface area contributed by atoms with Gasteiger partial charge in [0.05, 0.1) is 5.02 Å². The van der Waals surface area contributed by atoms with Gasteiger partial charge in [-0.2, -0.15) is 0 Å². The van der Waals surface area contributed by atoms with E-state index in [1.165, 1.54) is 11.1 Å². The Morgan fingerprint density at radius 3 is 1.69 bits per heavy atom. The lowest BCUT2D eigenvalue weighted by atomic mass is 9.99. The first-order chi connectivity index (χ1) is 19.3. The van der Waals surface area contributed by atoms with Crippen LogP contribution in [0, 0.1) is 0 Å². The van der Waals surface area contributed by atoms with Gasteiger partial charge in [-0.1, -0.05) is 109 Å². The maximum absolute atomic E-state index is 6.54. The van der Waals surface area contributed by atoms with Gasteiger partial charge in [-0.3, -0.25) is 0 Å². The fourth-order valence-corrected chi connectivity index (χ4v) is 5.48. The number of rotatable bonds is 5. The molecule has 6 aromatic carbocycles. The van der Waals surface area contributed by atoms with Gasteiger partial charge < -0.3 is 9.32 Å². The van der Waals surface area contributed by atoms with Crippen LogP contribution in [0.1, 0.15) is 0 Å². The number of hydrogen-bond acceptors (Lipinski definition) is 2. The molecule has 7 rings (SSSR count). The molecule has 0 saturated carbocycles. The average Bonchev–Trinajstić information content (AvgIpc) is 3.40. The van der Waals surface area contributed by atoms with Gasteiger partial charge >= 0.3 is 0 Å². The fraction of sp³-hybridized carbons (Fsp3) is 0. The van der Waals surface area contributed by atoms with Crippen LogP contribution in [0.5, 0.6) is 0 Å². The monoisotopic (exact) mass is 521 g/mol. The zero-order chi connectivity index (χ0) is 26.2. The molecule has 186 valence electrons. The van der Waals surface area contributed by atoms with E-state index in [1.807, 2.05) is 36.4 Å². The third-order valence-corrected chi connectivity index (χ3v) is 7.46. The summed E-state index contributed by atoms with van der Waals surface area (Å²) in [4.78, 5) is 2.28. The SMILES string of the molecule is Clc1ccc(-c2ccc(N(c3ccccc3)c3ccc(-c4ccccc4)cc3)cc2)c2c1oc1ccccc12. The van der Waals surface area contributed by atoms with Crippen molar-refractivity contribution >= 4 is 50.6 Å². The van der Waals surface area contributed by atoms with Crippen molar-refractivity contribution in [2.24, 2.45) is 0 Å². The molecule has 7 aromatic rings. The fourth-order valence-electron chi connectivity index (χ4n) is 5.29. The van der Waals surface area contributed by atoms with E-state index < -0.39 is 0 Å². The Hall–Kier alpha value is -4.79. The summed E-state index contributed by atoms with van der Waals surface area (Å²) in [5, 5.41) is 2.73. The first-order valence-electron chi connectivity index (χ1n) is 13.0. The molecule has 1 heterocycles. The topological polar surface area (TPSA) is 16.4 Å². The van der Waals surface area contributed by atoms with Crippen LogP contribution in [0.4, 0.5) is 17.1 Å². The number of hydrogen-bond donors (Lipinski definition) is 0. The van der Waals surface area contributed by atoms with Gasteiger partial charge in [0.25, 0.3) is 0 Å². The summed E-state index contributed by atoms with van der Waals surface area (Å²) in [5.41, 5.74) is 9.47. The quantitative estimate of drug-likeness (QED) is 0.224. The molecule has 2 nitrogen and oxygen atoms in total. The summed E-state index contributed by atoms with van der Waals surface area (Å²) >= 11 is 6.54. The summed E-state index contributed by atoms with van der Waals surface area (Å²) in [7, 11) is 0. The smallest absolute Gasteiger partial charge is 0.154 e. The molecule has 0 unspecified atom stereocenters. The van der Waals surface area contributed by atoms with Crippen molar-refractivity contribution in [1.82, 2.24) is 0 Å². The lowest BCUT2D eigenvalue weighted by molar-refractivity contribution is 0.669. The summed E-state index contributed by atoms with van der Waals surface area (Å²) < 4.78 is 6.12. The van der Waals surface area contributed by atoms with Gasteiger partial charge in [0.1, 0.15) is 5.58 Å². The van der Waals surface area contributed by atoms with E-state index in [1.54, 1.807) is 0 Å². The Balaban J connectivity index is 1.31. The Bertz CT molecular complexity index is 1890. The maximum atomic E-state index is 6.54. The van der Waals surface area contributed by atoms with Gasteiger partial charge in [0.15, 0.2) is 5.58 Å². The number of benzene rings is 6. The van der Waals surface area contributed by atoms with E-state index in [-0.39, 0.29) is 0 Å². The highest BCUT2D eigenvalue weighted by Crippen LogP contribution is 2.41. The van der Waals surface area contributed by atoms with E-state index >= 15 is 0 Å². The van der Waals surface area contributed by atoms with Gasteiger partial charge in [0, 0.05) is 27.8 Å². The van der Waals surface area contributed by atoms with Crippen molar-refractivity contribution in [3.63, 3.8) is 0 Å². The van der Waals surface area contributed by atoms with E-state index in [0.29, 0.717) is 5.02 Å². The molecule has 0 aliphatic heterocycles. The number of nitrogens with zero attached hydrogens (tertiary/aromatic N) is 1. The van der Waals surface area contributed by atoms with Gasteiger partial charge in [-0.05, 0) is 70.8 Å². The zero-order valence-corrected chi connectivity index (χ0v) is 21.8. The first kappa shape index (κ1) is 23.3. The molecule has 0 atom stereocenters. The molecule has 0 bridgehead atoms. The Labute approximate surface area is 232 Å². The molecule has 0 saturated heterocycles. The molecular weight excluding hydrogens is 498 g/mol. The molecule has 1 aromatic heterocycles. The minimum absolute atomic E-state index is 0.621. The molecule has 0 aliphatic carbocycles. The summed E-state index contributed by atoms with van der Waals surface area (Å²) in [6.45, 7) is 0. The van der Waals surface area contributed by atoms with Gasteiger partial charge in [-0.25, -0.2) is 0 Å². The standard InChI is InChI=1S/C36H24ClNO/c37-33-24-23-31(35-32-13-7-8-14-34(32)39-36(33)35)27-17-21-30(22-18-27)38(28-11-5-2-6-12-28)29-19-15-26(16-20-29)25-9-3-1-4-10-25/h1-24H. The van der Waals surface area contributed by atoms with Crippen LogP contribution in [-0.2, 0) is 0 Å². The van der Waals surface area contributed by atoms with Crippen LogP contribution in [0.2, 0.25) is 5.02 Å². The molecule has 0 N–H and O–H groups in total. The number of para-hydroxylation sites is 2. The normalized spacial score (nSPS) is 11.2. The minimum atomic E-state index is 0.621. The van der Waals surface area contributed by atoms with Crippen molar-refractivity contribution < 1.29 is 4.42 Å².